The van der Waals surface area contributed by atoms with Crippen LogP contribution in [0.3, 0.4) is 0 Å². The Kier molecular flexibility index (Phi) is 2.03. The molecule has 1 saturated heterocycles. The first kappa shape index (κ1) is 5.76. The maximum atomic E-state index is 10.1. The zero-order chi connectivity index (χ0) is 5.82. The van der Waals surface area contributed by atoms with Crippen LogP contribution in [-0.2, 0) is 9.53 Å². The molecule has 1 rings (SSSR count). The van der Waals surface area contributed by atoms with E-state index in [9.17, 15) is 4.79 Å². The molecule has 0 radical (unpaired) electrons. The van der Waals surface area contributed by atoms with Gasteiger partial charge in [-0.15, -0.1) is 0 Å². The molecule has 0 aromatic rings. The van der Waals surface area contributed by atoms with Crippen molar-refractivity contribution in [2.24, 2.45) is 5.92 Å². The molecule has 1 aliphatic heterocycles. The number of hydrogen-bond donors (Lipinski definition) is 0. The first-order valence-electron chi connectivity index (χ1n) is 2.96. The van der Waals surface area contributed by atoms with Gasteiger partial charge in [-0.3, -0.25) is 0 Å². The Hall–Kier alpha value is -0.370. The molecule has 2 heteroatoms. The van der Waals surface area contributed by atoms with Gasteiger partial charge in [-0.25, -0.2) is 0 Å². The molecule has 0 bridgehead atoms. The third-order valence-electron chi connectivity index (χ3n) is 1.39. The molecule has 0 spiro atoms. The fourth-order valence-corrected chi connectivity index (χ4v) is 0.873. The van der Waals surface area contributed by atoms with Crippen LogP contribution in [0.25, 0.3) is 0 Å². The summed E-state index contributed by atoms with van der Waals surface area (Å²) in [7, 11) is 0. The normalized spacial score (nSPS) is 29.8. The highest BCUT2D eigenvalue weighted by Crippen LogP contribution is 2.09. The Morgan fingerprint density at radius 3 is 2.88 bits per heavy atom. The largest absolute Gasteiger partial charge is 0.381 e. The van der Waals surface area contributed by atoms with Gasteiger partial charge in [-0.1, -0.05) is 0 Å². The Morgan fingerprint density at radius 1 is 1.62 bits per heavy atom. The molecule has 46 valence electrons. The monoisotopic (exact) mass is 114 g/mol. The van der Waals surface area contributed by atoms with Gasteiger partial charge < -0.3 is 9.53 Å². The van der Waals surface area contributed by atoms with E-state index < -0.39 is 0 Å². The van der Waals surface area contributed by atoms with Crippen molar-refractivity contribution in [1.82, 2.24) is 0 Å². The van der Waals surface area contributed by atoms with Crippen LogP contribution in [-0.4, -0.2) is 19.5 Å². The molecule has 0 aromatic carbocycles. The van der Waals surface area contributed by atoms with Crippen LogP contribution in [0.2, 0.25) is 0 Å². The smallest absolute Gasteiger partial charge is 0.125 e. The van der Waals surface area contributed by atoms with Crippen LogP contribution < -0.4 is 0 Å². The molecule has 0 N–H and O–H groups in total. The summed E-state index contributed by atoms with van der Waals surface area (Å²) >= 11 is 0. The first-order valence-corrected chi connectivity index (χ1v) is 2.96. The molecule has 2 nitrogen and oxygen atoms in total. The maximum absolute atomic E-state index is 10.1. The lowest BCUT2D eigenvalue weighted by Crippen LogP contribution is -2.17. The van der Waals surface area contributed by atoms with E-state index in [-0.39, 0.29) is 5.92 Å². The van der Waals surface area contributed by atoms with E-state index in [1.54, 1.807) is 0 Å². The predicted molar refractivity (Wildman–Crippen MR) is 29.6 cm³/mol. The average Bonchev–Trinajstić information content (AvgIpc) is 1.90. The molecule has 0 unspecified atom stereocenters. The molecule has 0 aliphatic carbocycles. The summed E-state index contributed by atoms with van der Waals surface area (Å²) in [6.07, 6.45) is 3.05. The summed E-state index contributed by atoms with van der Waals surface area (Å²) < 4.78 is 5.04. The number of ether oxygens (including phenoxy) is 1. The minimum atomic E-state index is 0.184. The minimum Gasteiger partial charge on any atom is -0.381 e. The molecular weight excluding hydrogens is 104 g/mol. The van der Waals surface area contributed by atoms with E-state index in [1.807, 2.05) is 0 Å². The van der Waals surface area contributed by atoms with Gasteiger partial charge in [0.05, 0.1) is 6.61 Å². The number of aldehydes is 1. The van der Waals surface area contributed by atoms with Crippen LogP contribution in [0.4, 0.5) is 0 Å². The number of hydrogen-bond acceptors (Lipinski definition) is 2. The highest BCUT2D eigenvalue weighted by molar-refractivity contribution is 5.53. The van der Waals surface area contributed by atoms with Crippen molar-refractivity contribution in [2.45, 2.75) is 12.8 Å². The molecule has 1 aliphatic rings. The zero-order valence-electron chi connectivity index (χ0n) is 4.80. The summed E-state index contributed by atoms with van der Waals surface area (Å²) in [4.78, 5) is 10.1. The summed E-state index contributed by atoms with van der Waals surface area (Å²) in [6, 6.07) is 0. The molecule has 1 heterocycles. The second-order valence-electron chi connectivity index (χ2n) is 2.11. The number of rotatable bonds is 1. The van der Waals surface area contributed by atoms with E-state index in [1.165, 1.54) is 0 Å². The van der Waals surface area contributed by atoms with Crippen molar-refractivity contribution in [1.29, 1.82) is 0 Å². The van der Waals surface area contributed by atoms with Crippen molar-refractivity contribution in [3.8, 4) is 0 Å². The highest BCUT2D eigenvalue weighted by Gasteiger charge is 2.11. The maximum Gasteiger partial charge on any atom is 0.125 e. The van der Waals surface area contributed by atoms with Gasteiger partial charge in [0.15, 0.2) is 0 Å². The summed E-state index contributed by atoms with van der Waals surface area (Å²) in [5, 5.41) is 0. The summed E-state index contributed by atoms with van der Waals surface area (Å²) in [5.41, 5.74) is 0. The predicted octanol–water partition coefficient (Wildman–Crippen LogP) is 0.612. The van der Waals surface area contributed by atoms with Crippen LogP contribution in [0.1, 0.15) is 12.8 Å². The topological polar surface area (TPSA) is 26.3 Å². The Bertz CT molecular complexity index is 74.6. The lowest BCUT2D eigenvalue weighted by Gasteiger charge is -2.15. The van der Waals surface area contributed by atoms with Gasteiger partial charge in [-0.2, -0.15) is 0 Å². The molecule has 0 saturated carbocycles. The average molecular weight is 114 g/mol. The van der Waals surface area contributed by atoms with Crippen LogP contribution in [0.5, 0.6) is 0 Å². The highest BCUT2D eigenvalue weighted by atomic mass is 16.5. The third-order valence-corrected chi connectivity index (χ3v) is 1.39. The zero-order valence-corrected chi connectivity index (χ0v) is 4.80. The van der Waals surface area contributed by atoms with Gasteiger partial charge in [0.2, 0.25) is 0 Å². The van der Waals surface area contributed by atoms with Gasteiger partial charge in [0, 0.05) is 12.5 Å². The van der Waals surface area contributed by atoms with Crippen molar-refractivity contribution >= 4 is 6.29 Å². The van der Waals surface area contributed by atoms with E-state index >= 15 is 0 Å². The van der Waals surface area contributed by atoms with Crippen molar-refractivity contribution < 1.29 is 9.53 Å². The number of carbonyl (C=O) groups excluding carboxylic acids is 1. The second-order valence-corrected chi connectivity index (χ2v) is 2.11. The molecule has 1 fully saturated rings. The van der Waals surface area contributed by atoms with E-state index in [0.717, 1.165) is 25.7 Å². The molecular formula is C6H10O2. The van der Waals surface area contributed by atoms with Crippen LogP contribution >= 0.6 is 0 Å². The van der Waals surface area contributed by atoms with Gasteiger partial charge in [-0.05, 0) is 12.8 Å². The van der Waals surface area contributed by atoms with Gasteiger partial charge in [0.25, 0.3) is 0 Å². The molecule has 0 aromatic heterocycles. The van der Waals surface area contributed by atoms with E-state index in [0.29, 0.717) is 6.61 Å². The fraction of sp³-hybridized carbons (Fsp3) is 0.833. The third kappa shape index (κ3) is 1.30. The quantitative estimate of drug-likeness (QED) is 0.467. The van der Waals surface area contributed by atoms with Crippen molar-refractivity contribution in [3.05, 3.63) is 0 Å². The second kappa shape index (κ2) is 2.82. The molecule has 1 atom stereocenters. The number of carbonyl (C=O) groups is 1. The minimum absolute atomic E-state index is 0.184. The Labute approximate surface area is 48.8 Å². The lowest BCUT2D eigenvalue weighted by atomic mass is 10.1. The Morgan fingerprint density at radius 2 is 2.50 bits per heavy atom. The summed E-state index contributed by atoms with van der Waals surface area (Å²) in [5.74, 6) is 0.184. The molecule has 8 heavy (non-hydrogen) atoms. The first-order chi connectivity index (χ1) is 3.93. The van der Waals surface area contributed by atoms with Crippen molar-refractivity contribution in [2.75, 3.05) is 13.2 Å². The standard InChI is InChI=1S/C6H10O2/c7-4-6-2-1-3-8-5-6/h4,6H,1-3,5H2/t6-/m1/s1. The van der Waals surface area contributed by atoms with E-state index in [2.05, 4.69) is 0 Å². The van der Waals surface area contributed by atoms with Gasteiger partial charge >= 0.3 is 0 Å². The lowest BCUT2D eigenvalue weighted by molar-refractivity contribution is -0.114. The van der Waals surface area contributed by atoms with Crippen LogP contribution in [0, 0.1) is 5.92 Å². The fourth-order valence-electron chi connectivity index (χ4n) is 0.873. The van der Waals surface area contributed by atoms with Crippen molar-refractivity contribution in [3.63, 3.8) is 0 Å². The summed E-state index contributed by atoms with van der Waals surface area (Å²) in [6.45, 7) is 1.48. The molecule has 0 amide bonds. The SMILES string of the molecule is O=C[C@H]1CCCOC1. The van der Waals surface area contributed by atoms with Crippen LogP contribution in [0.15, 0.2) is 0 Å². The van der Waals surface area contributed by atoms with Gasteiger partial charge in [0.1, 0.15) is 6.29 Å². The Balaban J connectivity index is 2.22. The van der Waals surface area contributed by atoms with E-state index in [4.69, 9.17) is 4.74 Å².